The van der Waals surface area contributed by atoms with Crippen molar-refractivity contribution in [3.63, 3.8) is 0 Å². The number of thioether (sulfide) groups is 1. The Morgan fingerprint density at radius 3 is 2.94 bits per heavy atom. The standard InChI is InChI=1S/C14H19NO2S/c16-14(15-9-13-7-4-8-17-13)11-18-10-12-5-2-1-3-6-12/h1-3,5-6,13H,4,7-11H2,(H,15,16)/t13-/m0/s1. The molecule has 0 bridgehead atoms. The minimum Gasteiger partial charge on any atom is -0.376 e. The number of hydrogen-bond donors (Lipinski definition) is 1. The normalized spacial score (nSPS) is 18.8. The summed E-state index contributed by atoms with van der Waals surface area (Å²) in [7, 11) is 0. The molecule has 3 nitrogen and oxygen atoms in total. The lowest BCUT2D eigenvalue weighted by molar-refractivity contribution is -0.119. The summed E-state index contributed by atoms with van der Waals surface area (Å²) in [4.78, 5) is 11.6. The molecule has 1 fully saturated rings. The number of amides is 1. The number of rotatable bonds is 6. The molecule has 0 aromatic heterocycles. The molecule has 0 spiro atoms. The second-order valence-electron chi connectivity index (χ2n) is 4.42. The van der Waals surface area contributed by atoms with Crippen molar-refractivity contribution in [2.24, 2.45) is 0 Å². The van der Waals surface area contributed by atoms with Gasteiger partial charge < -0.3 is 10.1 Å². The Labute approximate surface area is 112 Å². The van der Waals surface area contributed by atoms with Gasteiger partial charge in [-0.15, -0.1) is 11.8 Å². The Kier molecular flexibility index (Phi) is 5.55. The van der Waals surface area contributed by atoms with Crippen molar-refractivity contribution in [3.05, 3.63) is 35.9 Å². The first-order valence-electron chi connectivity index (χ1n) is 6.34. The summed E-state index contributed by atoms with van der Waals surface area (Å²) >= 11 is 1.64. The van der Waals surface area contributed by atoms with Crippen LogP contribution < -0.4 is 5.32 Å². The summed E-state index contributed by atoms with van der Waals surface area (Å²) in [5.74, 6) is 1.50. The number of benzene rings is 1. The van der Waals surface area contributed by atoms with Crippen LogP contribution in [0.5, 0.6) is 0 Å². The van der Waals surface area contributed by atoms with Crippen molar-refractivity contribution >= 4 is 17.7 Å². The first kappa shape index (κ1) is 13.4. The summed E-state index contributed by atoms with van der Waals surface area (Å²) < 4.78 is 5.46. The number of carbonyl (C=O) groups is 1. The van der Waals surface area contributed by atoms with Gasteiger partial charge in [0.25, 0.3) is 0 Å². The Hall–Kier alpha value is -1.00. The van der Waals surface area contributed by atoms with E-state index >= 15 is 0 Å². The predicted molar refractivity (Wildman–Crippen MR) is 74.6 cm³/mol. The smallest absolute Gasteiger partial charge is 0.230 e. The Bertz CT molecular complexity index is 363. The van der Waals surface area contributed by atoms with Crippen LogP contribution in [0.2, 0.25) is 0 Å². The SMILES string of the molecule is O=C(CSCc1ccccc1)NC[C@@H]1CCCO1. The van der Waals surface area contributed by atoms with E-state index < -0.39 is 0 Å². The molecule has 2 rings (SSSR count). The molecule has 98 valence electrons. The Morgan fingerprint density at radius 1 is 1.39 bits per heavy atom. The molecule has 0 radical (unpaired) electrons. The van der Waals surface area contributed by atoms with Crippen LogP contribution in [0.25, 0.3) is 0 Å². The van der Waals surface area contributed by atoms with Gasteiger partial charge in [-0.05, 0) is 18.4 Å². The number of carbonyl (C=O) groups excluding carboxylic acids is 1. The summed E-state index contributed by atoms with van der Waals surface area (Å²) in [5, 5.41) is 2.93. The second kappa shape index (κ2) is 7.44. The van der Waals surface area contributed by atoms with Gasteiger partial charge in [0.1, 0.15) is 0 Å². The number of hydrogen-bond acceptors (Lipinski definition) is 3. The van der Waals surface area contributed by atoms with Gasteiger partial charge in [-0.1, -0.05) is 30.3 Å². The topological polar surface area (TPSA) is 38.3 Å². The fraction of sp³-hybridized carbons (Fsp3) is 0.500. The van der Waals surface area contributed by atoms with E-state index in [1.165, 1.54) is 5.56 Å². The van der Waals surface area contributed by atoms with Gasteiger partial charge >= 0.3 is 0 Å². The first-order valence-corrected chi connectivity index (χ1v) is 7.50. The van der Waals surface area contributed by atoms with Crippen molar-refractivity contribution in [2.45, 2.75) is 24.7 Å². The molecule has 4 heteroatoms. The fourth-order valence-electron chi connectivity index (χ4n) is 1.92. The zero-order valence-electron chi connectivity index (χ0n) is 10.4. The largest absolute Gasteiger partial charge is 0.376 e. The van der Waals surface area contributed by atoms with Crippen LogP contribution in [0, 0.1) is 0 Å². The van der Waals surface area contributed by atoms with Gasteiger partial charge in [-0.25, -0.2) is 0 Å². The molecule has 1 aliphatic heterocycles. The average Bonchev–Trinajstić information content (AvgIpc) is 2.91. The van der Waals surface area contributed by atoms with Crippen LogP contribution in [0.4, 0.5) is 0 Å². The van der Waals surface area contributed by atoms with Gasteiger partial charge in [-0.3, -0.25) is 4.79 Å². The summed E-state index contributed by atoms with van der Waals surface area (Å²) in [5.41, 5.74) is 1.26. The molecule has 1 aliphatic rings. The van der Waals surface area contributed by atoms with E-state index in [-0.39, 0.29) is 12.0 Å². The van der Waals surface area contributed by atoms with Crippen LogP contribution in [0.1, 0.15) is 18.4 Å². The highest BCUT2D eigenvalue weighted by atomic mass is 32.2. The van der Waals surface area contributed by atoms with E-state index in [9.17, 15) is 4.79 Å². The third-order valence-electron chi connectivity index (χ3n) is 2.90. The molecule has 1 aromatic rings. The van der Waals surface area contributed by atoms with E-state index in [1.807, 2.05) is 18.2 Å². The number of ether oxygens (including phenoxy) is 1. The maximum atomic E-state index is 11.6. The zero-order chi connectivity index (χ0) is 12.6. The molecule has 1 atom stereocenters. The minimum atomic E-state index is 0.103. The molecule has 0 aliphatic carbocycles. The Morgan fingerprint density at radius 2 is 2.22 bits per heavy atom. The van der Waals surface area contributed by atoms with Crippen LogP contribution in [0.15, 0.2) is 30.3 Å². The molecule has 1 heterocycles. The third-order valence-corrected chi connectivity index (χ3v) is 3.90. The average molecular weight is 265 g/mol. The lowest BCUT2D eigenvalue weighted by Crippen LogP contribution is -2.32. The van der Waals surface area contributed by atoms with E-state index in [2.05, 4.69) is 17.4 Å². The monoisotopic (exact) mass is 265 g/mol. The van der Waals surface area contributed by atoms with Crippen LogP contribution in [-0.2, 0) is 15.3 Å². The highest BCUT2D eigenvalue weighted by molar-refractivity contribution is 7.99. The maximum Gasteiger partial charge on any atom is 0.230 e. The zero-order valence-corrected chi connectivity index (χ0v) is 11.2. The van der Waals surface area contributed by atoms with Gasteiger partial charge in [0, 0.05) is 18.9 Å². The molecule has 1 amide bonds. The molecule has 1 saturated heterocycles. The van der Waals surface area contributed by atoms with Crippen molar-refractivity contribution < 1.29 is 9.53 Å². The predicted octanol–water partition coefficient (Wildman–Crippen LogP) is 2.21. The maximum absolute atomic E-state index is 11.6. The molecular weight excluding hydrogens is 246 g/mol. The van der Waals surface area contributed by atoms with Crippen LogP contribution in [-0.4, -0.2) is 30.9 Å². The molecule has 1 aromatic carbocycles. The van der Waals surface area contributed by atoms with Crippen LogP contribution in [0.3, 0.4) is 0 Å². The molecule has 1 N–H and O–H groups in total. The lowest BCUT2D eigenvalue weighted by atomic mass is 10.2. The van der Waals surface area contributed by atoms with Gasteiger partial charge in [-0.2, -0.15) is 0 Å². The van der Waals surface area contributed by atoms with Crippen molar-refractivity contribution in [3.8, 4) is 0 Å². The van der Waals surface area contributed by atoms with Crippen molar-refractivity contribution in [2.75, 3.05) is 18.9 Å². The van der Waals surface area contributed by atoms with E-state index in [1.54, 1.807) is 11.8 Å². The summed E-state index contributed by atoms with van der Waals surface area (Å²) in [6, 6.07) is 10.2. The number of nitrogens with one attached hydrogen (secondary N) is 1. The lowest BCUT2D eigenvalue weighted by Gasteiger charge is -2.10. The Balaban J connectivity index is 1.57. The highest BCUT2D eigenvalue weighted by Gasteiger charge is 2.15. The van der Waals surface area contributed by atoms with E-state index in [4.69, 9.17) is 4.74 Å². The second-order valence-corrected chi connectivity index (χ2v) is 5.40. The fourth-order valence-corrected chi connectivity index (χ4v) is 2.74. The minimum absolute atomic E-state index is 0.103. The van der Waals surface area contributed by atoms with Gasteiger partial charge in [0.15, 0.2) is 0 Å². The summed E-state index contributed by atoms with van der Waals surface area (Å²) in [6.45, 7) is 1.49. The van der Waals surface area contributed by atoms with Crippen LogP contribution >= 0.6 is 11.8 Å². The van der Waals surface area contributed by atoms with E-state index in [0.717, 1.165) is 25.2 Å². The summed E-state index contributed by atoms with van der Waals surface area (Å²) in [6.07, 6.45) is 2.41. The highest BCUT2D eigenvalue weighted by Crippen LogP contribution is 2.12. The quantitative estimate of drug-likeness (QED) is 0.857. The van der Waals surface area contributed by atoms with E-state index in [0.29, 0.717) is 12.3 Å². The van der Waals surface area contributed by atoms with Gasteiger partial charge in [0.05, 0.1) is 11.9 Å². The molecule has 0 saturated carbocycles. The first-order chi connectivity index (χ1) is 8.84. The van der Waals surface area contributed by atoms with Crippen molar-refractivity contribution in [1.29, 1.82) is 0 Å². The third kappa shape index (κ3) is 4.70. The van der Waals surface area contributed by atoms with Gasteiger partial charge in [0.2, 0.25) is 5.91 Å². The molecule has 18 heavy (non-hydrogen) atoms. The molecule has 0 unspecified atom stereocenters. The molecular formula is C14H19NO2S. The van der Waals surface area contributed by atoms with Crippen molar-refractivity contribution in [1.82, 2.24) is 5.32 Å².